The van der Waals surface area contributed by atoms with E-state index in [9.17, 15) is 22.8 Å². The fourth-order valence-corrected chi connectivity index (χ4v) is 5.71. The number of nitrogens with zero attached hydrogens (tertiary/aromatic N) is 3. The molecule has 236 valence electrons. The zero-order valence-electron chi connectivity index (χ0n) is 26.4. The van der Waals surface area contributed by atoms with Crippen LogP contribution in [0.15, 0.2) is 51.9 Å². The Labute approximate surface area is 256 Å². The second kappa shape index (κ2) is 15.5. The molecular weight excluding hydrogens is 566 g/mol. The van der Waals surface area contributed by atoms with Gasteiger partial charge >= 0.3 is 5.97 Å². The Hall–Kier alpha value is -3.27. The molecule has 3 rings (SSSR count). The van der Waals surface area contributed by atoms with Crippen LogP contribution in [0.25, 0.3) is 0 Å². The van der Waals surface area contributed by atoms with E-state index in [0.717, 1.165) is 31.2 Å². The lowest BCUT2D eigenvalue weighted by atomic mass is 10.0. The van der Waals surface area contributed by atoms with Gasteiger partial charge in [0.2, 0.25) is 0 Å². The minimum Gasteiger partial charge on any atom is -0.466 e. The van der Waals surface area contributed by atoms with Gasteiger partial charge in [-0.25, -0.2) is 0 Å². The van der Waals surface area contributed by atoms with Crippen LogP contribution in [0.3, 0.4) is 0 Å². The van der Waals surface area contributed by atoms with Crippen molar-refractivity contribution in [3.05, 3.63) is 59.2 Å². The van der Waals surface area contributed by atoms with Crippen molar-refractivity contribution in [2.45, 2.75) is 91.0 Å². The minimum atomic E-state index is -4.14. The smallest absolute Gasteiger partial charge is 0.305 e. The van der Waals surface area contributed by atoms with Crippen LogP contribution in [-0.4, -0.2) is 55.2 Å². The molecule has 9 nitrogen and oxygen atoms in total. The highest BCUT2D eigenvalue weighted by atomic mass is 32.2. The highest BCUT2D eigenvalue weighted by Crippen LogP contribution is 2.35. The highest BCUT2D eigenvalue weighted by Gasteiger charge is 2.36. The van der Waals surface area contributed by atoms with Gasteiger partial charge in [-0.2, -0.15) is 8.42 Å². The van der Waals surface area contributed by atoms with Crippen molar-refractivity contribution in [2.24, 2.45) is 22.2 Å². The van der Waals surface area contributed by atoms with Crippen molar-refractivity contribution >= 4 is 27.7 Å². The van der Waals surface area contributed by atoms with Gasteiger partial charge in [-0.05, 0) is 82.1 Å². The third kappa shape index (κ3) is 10.2. The van der Waals surface area contributed by atoms with Crippen LogP contribution in [0, 0.1) is 24.7 Å². The SMILES string of the molecule is CCOC(=O)CCC(C(=O)C1CC1)n1cc(C(=O)N(CCC(C)C)CCC(C)C)cc/c1=N\S(=O)(=O)c1ccc(C)cc1. The van der Waals surface area contributed by atoms with Gasteiger partial charge in [0.15, 0.2) is 5.78 Å². The van der Waals surface area contributed by atoms with Crippen molar-refractivity contribution in [1.82, 2.24) is 9.47 Å². The average Bonchev–Trinajstić information content (AvgIpc) is 3.79. The molecule has 0 aliphatic heterocycles. The zero-order chi connectivity index (χ0) is 31.7. The molecule has 43 heavy (non-hydrogen) atoms. The van der Waals surface area contributed by atoms with Crippen molar-refractivity contribution < 1.29 is 27.5 Å². The third-order valence-electron chi connectivity index (χ3n) is 7.55. The number of Topliss-reactive ketones (excluding diaryl/α,β-unsaturated/α-hetero) is 1. The molecule has 0 spiro atoms. The van der Waals surface area contributed by atoms with Gasteiger partial charge in [0, 0.05) is 31.6 Å². The fourth-order valence-electron chi connectivity index (χ4n) is 4.72. The maximum absolute atomic E-state index is 13.9. The van der Waals surface area contributed by atoms with Gasteiger partial charge < -0.3 is 14.2 Å². The van der Waals surface area contributed by atoms with Crippen molar-refractivity contribution in [2.75, 3.05) is 19.7 Å². The average molecular weight is 614 g/mol. The summed E-state index contributed by atoms with van der Waals surface area (Å²) in [7, 11) is -4.14. The van der Waals surface area contributed by atoms with Crippen LogP contribution in [-0.2, 0) is 24.3 Å². The number of ether oxygens (including phenoxy) is 1. The summed E-state index contributed by atoms with van der Waals surface area (Å²) >= 11 is 0. The first-order chi connectivity index (χ1) is 20.3. The molecular formula is C33H47N3O6S. The lowest BCUT2D eigenvalue weighted by molar-refractivity contribution is -0.143. The molecule has 10 heteroatoms. The summed E-state index contributed by atoms with van der Waals surface area (Å²) in [6.45, 7) is 13.4. The third-order valence-corrected chi connectivity index (χ3v) is 8.84. The molecule has 0 bridgehead atoms. The predicted molar refractivity (Wildman–Crippen MR) is 166 cm³/mol. The molecule has 0 N–H and O–H groups in total. The molecule has 1 unspecified atom stereocenters. The molecule has 1 heterocycles. The number of hydrogen-bond donors (Lipinski definition) is 0. The number of rotatable bonds is 16. The summed E-state index contributed by atoms with van der Waals surface area (Å²) in [6.07, 6.45) is 4.78. The summed E-state index contributed by atoms with van der Waals surface area (Å²) in [6, 6.07) is 8.55. The number of esters is 1. The molecule has 0 saturated heterocycles. The van der Waals surface area contributed by atoms with E-state index < -0.39 is 22.0 Å². The van der Waals surface area contributed by atoms with E-state index in [0.29, 0.717) is 30.5 Å². The van der Waals surface area contributed by atoms with Crippen molar-refractivity contribution in [3.63, 3.8) is 0 Å². The topological polar surface area (TPSA) is 115 Å². The lowest BCUT2D eigenvalue weighted by Crippen LogP contribution is -2.37. The molecule has 2 aromatic rings. The van der Waals surface area contributed by atoms with Crippen LogP contribution >= 0.6 is 0 Å². The van der Waals surface area contributed by atoms with E-state index in [2.05, 4.69) is 32.1 Å². The predicted octanol–water partition coefficient (Wildman–Crippen LogP) is 5.48. The van der Waals surface area contributed by atoms with Gasteiger partial charge in [0.25, 0.3) is 15.9 Å². The standard InChI is InChI=1S/C33H47N3O6S/c1-7-42-31(37)17-15-29(32(38)26-10-11-26)36-22-27(33(39)35(20-18-23(2)3)21-19-24(4)5)12-16-30(36)34-43(40,41)28-13-8-25(6)9-14-28/h8-9,12-14,16,22-24,26,29H,7,10-11,15,17-21H2,1-6H3/b34-30+. The molecule has 1 aromatic carbocycles. The number of aryl methyl sites for hydroxylation is 1. The first-order valence-corrected chi connectivity index (χ1v) is 16.8. The fraction of sp³-hybridized carbons (Fsp3) is 0.576. The number of carbonyl (C=O) groups excluding carboxylic acids is 3. The van der Waals surface area contributed by atoms with E-state index in [1.165, 1.54) is 22.8 Å². The molecule has 1 fully saturated rings. The largest absolute Gasteiger partial charge is 0.466 e. The number of aromatic nitrogens is 1. The molecule has 1 aliphatic rings. The second-order valence-electron chi connectivity index (χ2n) is 12.3. The summed E-state index contributed by atoms with van der Waals surface area (Å²) in [5.74, 6) is -0.0743. The van der Waals surface area contributed by atoms with E-state index in [-0.39, 0.29) is 47.4 Å². The van der Waals surface area contributed by atoms with Crippen molar-refractivity contribution in [1.29, 1.82) is 0 Å². The Kier molecular flexibility index (Phi) is 12.3. The quantitative estimate of drug-likeness (QED) is 0.232. The second-order valence-corrected chi connectivity index (χ2v) is 13.9. The maximum atomic E-state index is 13.9. The van der Waals surface area contributed by atoms with Gasteiger partial charge in [0.1, 0.15) is 5.49 Å². The first kappa shape index (κ1) is 34.2. The van der Waals surface area contributed by atoms with Crippen molar-refractivity contribution in [3.8, 4) is 0 Å². The monoisotopic (exact) mass is 613 g/mol. The van der Waals surface area contributed by atoms with Crippen LogP contribution < -0.4 is 5.49 Å². The normalized spacial score (nSPS) is 14.7. The summed E-state index contributed by atoms with van der Waals surface area (Å²) in [4.78, 5) is 41.6. The van der Waals surface area contributed by atoms with Crippen LogP contribution in [0.5, 0.6) is 0 Å². The van der Waals surface area contributed by atoms with E-state index >= 15 is 0 Å². The molecule has 1 atom stereocenters. The van der Waals surface area contributed by atoms with Crippen LogP contribution in [0.4, 0.5) is 0 Å². The number of pyridine rings is 1. The Morgan fingerprint density at radius 1 is 0.953 bits per heavy atom. The summed E-state index contributed by atoms with van der Waals surface area (Å²) in [5, 5.41) is 0. The van der Waals surface area contributed by atoms with E-state index in [1.807, 2.05) is 11.8 Å². The lowest BCUT2D eigenvalue weighted by Gasteiger charge is -2.26. The maximum Gasteiger partial charge on any atom is 0.305 e. The van der Waals surface area contributed by atoms with E-state index in [4.69, 9.17) is 4.74 Å². The number of hydrogen-bond acceptors (Lipinski definition) is 6. The highest BCUT2D eigenvalue weighted by molar-refractivity contribution is 7.90. The number of sulfonamides is 1. The van der Waals surface area contributed by atoms with Gasteiger partial charge in [-0.1, -0.05) is 45.4 Å². The molecule has 1 aliphatic carbocycles. The van der Waals surface area contributed by atoms with Gasteiger partial charge in [-0.15, -0.1) is 4.40 Å². The summed E-state index contributed by atoms with van der Waals surface area (Å²) < 4.78 is 37.5. The number of ketones is 1. The Morgan fingerprint density at radius 3 is 2.09 bits per heavy atom. The number of benzene rings is 1. The number of amides is 1. The molecule has 1 saturated carbocycles. The Morgan fingerprint density at radius 2 is 1.56 bits per heavy atom. The van der Waals surface area contributed by atoms with Crippen LogP contribution in [0.2, 0.25) is 0 Å². The zero-order valence-corrected chi connectivity index (χ0v) is 27.2. The summed E-state index contributed by atoms with van der Waals surface area (Å²) in [5.41, 5.74) is 1.27. The Balaban J connectivity index is 2.14. The molecule has 1 amide bonds. The first-order valence-electron chi connectivity index (χ1n) is 15.4. The van der Waals surface area contributed by atoms with Crippen LogP contribution in [0.1, 0.15) is 95.1 Å². The molecule has 1 aromatic heterocycles. The molecule has 0 radical (unpaired) electrons. The van der Waals surface area contributed by atoms with Gasteiger partial charge in [0.05, 0.1) is 23.1 Å². The minimum absolute atomic E-state index is 0.0231. The van der Waals surface area contributed by atoms with E-state index in [1.54, 1.807) is 31.3 Å². The van der Waals surface area contributed by atoms with Gasteiger partial charge in [-0.3, -0.25) is 14.4 Å². The Bertz CT molecular complexity index is 1430. The number of carbonyl (C=O) groups is 3.